The monoisotopic (exact) mass is 279 g/mol. The van der Waals surface area contributed by atoms with Gasteiger partial charge in [0.15, 0.2) is 0 Å². The number of nitrogens with one attached hydrogen (secondary N) is 2. The van der Waals surface area contributed by atoms with Gasteiger partial charge in [-0.2, -0.15) is 0 Å². The quantitative estimate of drug-likeness (QED) is 0.780. The molecule has 0 bridgehead atoms. The number of benzene rings is 1. The van der Waals surface area contributed by atoms with E-state index in [2.05, 4.69) is 52.0 Å². The van der Waals surface area contributed by atoms with Crippen LogP contribution >= 0.6 is 0 Å². The maximum atomic E-state index is 5.80. The third kappa shape index (κ3) is 2.38. The number of hydrogen-bond acceptors (Lipinski definition) is 4. The molecule has 4 rings (SSSR count). The molecule has 0 radical (unpaired) electrons. The van der Waals surface area contributed by atoms with Crippen molar-refractivity contribution in [3.05, 3.63) is 59.8 Å². The number of hydrogen-bond donors (Lipinski definition) is 2. The Morgan fingerprint density at radius 1 is 1.14 bits per heavy atom. The van der Waals surface area contributed by atoms with Crippen LogP contribution in [0.25, 0.3) is 0 Å². The van der Waals surface area contributed by atoms with Crippen molar-refractivity contribution in [2.75, 3.05) is 17.2 Å². The summed E-state index contributed by atoms with van der Waals surface area (Å²) < 4.78 is 5.80. The molecule has 0 saturated heterocycles. The Labute approximate surface area is 123 Å². The summed E-state index contributed by atoms with van der Waals surface area (Å²) in [6.45, 7) is 1.47. The number of nitrogens with zero attached hydrogens (tertiary/aromatic N) is 1. The van der Waals surface area contributed by atoms with E-state index in [0.717, 1.165) is 30.2 Å². The zero-order chi connectivity index (χ0) is 14.1. The first-order valence-electron chi connectivity index (χ1n) is 7.25. The molecule has 2 aliphatic heterocycles. The molecule has 0 aliphatic carbocycles. The minimum absolute atomic E-state index is 0.158. The van der Waals surface area contributed by atoms with Crippen molar-refractivity contribution in [3.63, 3.8) is 0 Å². The smallest absolute Gasteiger partial charge is 0.135 e. The van der Waals surface area contributed by atoms with Crippen LogP contribution in [-0.2, 0) is 11.3 Å². The van der Waals surface area contributed by atoms with Gasteiger partial charge >= 0.3 is 0 Å². The molecule has 4 nitrogen and oxygen atoms in total. The van der Waals surface area contributed by atoms with Crippen LogP contribution in [0.15, 0.2) is 48.7 Å². The van der Waals surface area contributed by atoms with Crippen molar-refractivity contribution in [2.24, 2.45) is 0 Å². The highest BCUT2D eigenvalue weighted by Gasteiger charge is 2.17. The molecule has 106 valence electrons. The number of fused-ring (bicyclic) bond motifs is 2. The highest BCUT2D eigenvalue weighted by molar-refractivity contribution is 5.77. The number of anilines is 3. The van der Waals surface area contributed by atoms with Gasteiger partial charge < -0.3 is 15.4 Å². The SMILES string of the molecule is C1=CC[C@@H](c2ccc3c(c2)NCc2cccnc2N3)OC1. The summed E-state index contributed by atoms with van der Waals surface area (Å²) in [7, 11) is 0. The van der Waals surface area contributed by atoms with Gasteiger partial charge in [0.25, 0.3) is 0 Å². The molecule has 2 N–H and O–H groups in total. The normalized spacial score (nSPS) is 19.7. The van der Waals surface area contributed by atoms with Gasteiger partial charge in [0.05, 0.1) is 24.1 Å². The molecule has 2 aliphatic rings. The van der Waals surface area contributed by atoms with Crippen LogP contribution < -0.4 is 10.6 Å². The molecule has 1 aromatic carbocycles. The second-order valence-corrected chi connectivity index (χ2v) is 5.32. The Morgan fingerprint density at radius 3 is 3.05 bits per heavy atom. The number of pyridine rings is 1. The van der Waals surface area contributed by atoms with Gasteiger partial charge in [0, 0.05) is 18.3 Å². The van der Waals surface area contributed by atoms with E-state index in [1.807, 2.05) is 12.3 Å². The first-order valence-corrected chi connectivity index (χ1v) is 7.25. The Hall–Kier alpha value is -2.33. The van der Waals surface area contributed by atoms with Crippen molar-refractivity contribution < 1.29 is 4.74 Å². The topological polar surface area (TPSA) is 46.2 Å². The third-order valence-corrected chi connectivity index (χ3v) is 3.94. The Bertz CT molecular complexity index is 696. The summed E-state index contributed by atoms with van der Waals surface area (Å²) in [4.78, 5) is 4.41. The molecular formula is C17H17N3O. The number of ether oxygens (including phenoxy) is 1. The van der Waals surface area contributed by atoms with Gasteiger partial charge in [-0.05, 0) is 30.2 Å². The number of aromatic nitrogens is 1. The zero-order valence-electron chi connectivity index (χ0n) is 11.7. The molecule has 4 heteroatoms. The van der Waals surface area contributed by atoms with Crippen molar-refractivity contribution in [2.45, 2.75) is 19.1 Å². The van der Waals surface area contributed by atoms with Crippen molar-refractivity contribution in [1.29, 1.82) is 0 Å². The first kappa shape index (κ1) is 12.4. The molecule has 21 heavy (non-hydrogen) atoms. The van der Waals surface area contributed by atoms with Gasteiger partial charge in [-0.15, -0.1) is 0 Å². The maximum Gasteiger partial charge on any atom is 0.135 e. The fourth-order valence-corrected chi connectivity index (χ4v) is 2.79. The molecule has 0 saturated carbocycles. The summed E-state index contributed by atoms with van der Waals surface area (Å²) in [6, 6.07) is 10.5. The minimum Gasteiger partial charge on any atom is -0.379 e. The van der Waals surface area contributed by atoms with Crippen LogP contribution in [0.4, 0.5) is 17.2 Å². The molecule has 2 aromatic rings. The lowest BCUT2D eigenvalue weighted by molar-refractivity contribution is 0.0678. The molecule has 0 unspecified atom stereocenters. The summed E-state index contributed by atoms with van der Waals surface area (Å²) in [5.41, 5.74) is 4.55. The largest absolute Gasteiger partial charge is 0.379 e. The Morgan fingerprint density at radius 2 is 2.14 bits per heavy atom. The zero-order valence-corrected chi connectivity index (χ0v) is 11.7. The third-order valence-electron chi connectivity index (χ3n) is 3.94. The van der Waals surface area contributed by atoms with Crippen LogP contribution in [0, 0.1) is 0 Å². The van der Waals surface area contributed by atoms with Crippen LogP contribution in [-0.4, -0.2) is 11.6 Å². The van der Waals surface area contributed by atoms with Crippen molar-refractivity contribution >= 4 is 17.2 Å². The lowest BCUT2D eigenvalue weighted by Gasteiger charge is -2.20. The van der Waals surface area contributed by atoms with E-state index in [1.165, 1.54) is 11.1 Å². The molecule has 0 amide bonds. The molecule has 1 aromatic heterocycles. The molecular weight excluding hydrogens is 262 g/mol. The Kier molecular flexibility index (Phi) is 3.09. The van der Waals surface area contributed by atoms with Crippen molar-refractivity contribution in [3.8, 4) is 0 Å². The van der Waals surface area contributed by atoms with E-state index >= 15 is 0 Å². The lowest BCUT2D eigenvalue weighted by Crippen LogP contribution is -2.08. The van der Waals surface area contributed by atoms with Crippen LogP contribution in [0.2, 0.25) is 0 Å². The van der Waals surface area contributed by atoms with Gasteiger partial charge in [-0.3, -0.25) is 0 Å². The fraction of sp³-hybridized carbons (Fsp3) is 0.235. The second kappa shape index (κ2) is 5.22. The molecule has 0 fully saturated rings. The van der Waals surface area contributed by atoms with Crippen LogP contribution in [0.1, 0.15) is 23.7 Å². The molecule has 0 spiro atoms. The second-order valence-electron chi connectivity index (χ2n) is 5.32. The van der Waals surface area contributed by atoms with Gasteiger partial charge in [0.1, 0.15) is 5.82 Å². The standard InChI is InChI=1S/C17H17N3O/c1-2-9-21-16(5-1)12-6-7-14-15(10-12)19-11-13-4-3-8-18-17(13)20-14/h1-4,6-8,10,16,19H,5,9,11H2,(H,18,20)/t16-/m0/s1. The van der Waals surface area contributed by atoms with Gasteiger partial charge in [0.2, 0.25) is 0 Å². The average molecular weight is 279 g/mol. The van der Waals surface area contributed by atoms with Gasteiger partial charge in [-0.1, -0.05) is 24.3 Å². The van der Waals surface area contributed by atoms with Crippen LogP contribution in [0.3, 0.4) is 0 Å². The number of rotatable bonds is 1. The summed E-state index contributed by atoms with van der Waals surface area (Å²) in [5.74, 6) is 0.924. The fourth-order valence-electron chi connectivity index (χ4n) is 2.79. The summed E-state index contributed by atoms with van der Waals surface area (Å²) in [5, 5.41) is 6.89. The molecule has 3 heterocycles. The minimum atomic E-state index is 0.158. The van der Waals surface area contributed by atoms with Crippen molar-refractivity contribution in [1.82, 2.24) is 4.98 Å². The van der Waals surface area contributed by atoms with Gasteiger partial charge in [-0.25, -0.2) is 4.98 Å². The maximum absolute atomic E-state index is 5.80. The highest BCUT2D eigenvalue weighted by Crippen LogP contribution is 2.34. The molecule has 1 atom stereocenters. The Balaban J connectivity index is 1.66. The summed E-state index contributed by atoms with van der Waals surface area (Å²) in [6.07, 6.45) is 7.17. The lowest BCUT2D eigenvalue weighted by atomic mass is 10.0. The average Bonchev–Trinajstić information content (AvgIpc) is 2.74. The summed E-state index contributed by atoms with van der Waals surface area (Å²) >= 11 is 0. The first-order chi connectivity index (χ1) is 10.4. The van der Waals surface area contributed by atoms with E-state index in [-0.39, 0.29) is 6.10 Å². The van der Waals surface area contributed by atoms with E-state index in [4.69, 9.17) is 4.74 Å². The predicted octanol–water partition coefficient (Wildman–Crippen LogP) is 3.77. The predicted molar refractivity (Wildman–Crippen MR) is 83.7 cm³/mol. The van der Waals surface area contributed by atoms with E-state index < -0.39 is 0 Å². The van der Waals surface area contributed by atoms with E-state index in [0.29, 0.717) is 6.61 Å². The van der Waals surface area contributed by atoms with E-state index in [1.54, 1.807) is 0 Å². The van der Waals surface area contributed by atoms with Crippen LogP contribution in [0.5, 0.6) is 0 Å². The highest BCUT2D eigenvalue weighted by atomic mass is 16.5. The van der Waals surface area contributed by atoms with E-state index in [9.17, 15) is 0 Å².